The number of carbonyl (C=O) groups is 1. The van der Waals surface area contributed by atoms with Crippen molar-refractivity contribution in [1.29, 1.82) is 0 Å². The molecule has 0 aromatic carbocycles. The van der Waals surface area contributed by atoms with Gasteiger partial charge in [0.2, 0.25) is 0 Å². The van der Waals surface area contributed by atoms with Gasteiger partial charge in [-0.2, -0.15) is 0 Å². The van der Waals surface area contributed by atoms with Gasteiger partial charge in [-0.1, -0.05) is 0 Å². The van der Waals surface area contributed by atoms with Crippen molar-refractivity contribution in [2.45, 2.75) is 39.2 Å². The molecule has 1 unspecified atom stereocenters. The van der Waals surface area contributed by atoms with Crippen molar-refractivity contribution in [1.82, 2.24) is 9.55 Å². The number of rotatable bonds is 2. The molecule has 0 aliphatic carbocycles. The van der Waals surface area contributed by atoms with Crippen molar-refractivity contribution in [3.05, 3.63) is 18.2 Å². The summed E-state index contributed by atoms with van der Waals surface area (Å²) in [6.45, 7) is 7.37. The number of imidazole rings is 1. The van der Waals surface area contributed by atoms with E-state index in [0.717, 1.165) is 5.82 Å². The molecule has 0 amide bonds. The van der Waals surface area contributed by atoms with E-state index in [2.05, 4.69) is 4.98 Å². The Morgan fingerprint density at radius 2 is 2.13 bits per heavy atom. The number of aryl methyl sites for hydroxylation is 1. The average Bonchev–Trinajstić information content (AvgIpc) is 2.47. The van der Waals surface area contributed by atoms with Crippen LogP contribution in [0.3, 0.4) is 0 Å². The fourth-order valence-electron chi connectivity index (χ4n) is 1.29. The van der Waals surface area contributed by atoms with E-state index < -0.39 is 5.60 Å². The molecular formula is C11H18N2O2. The molecule has 4 nitrogen and oxygen atoms in total. The largest absolute Gasteiger partial charge is 0.459 e. The van der Waals surface area contributed by atoms with Crippen LogP contribution in [0, 0.1) is 0 Å². The van der Waals surface area contributed by atoms with Crippen LogP contribution < -0.4 is 0 Å². The fraction of sp³-hybridized carbons (Fsp3) is 0.636. The molecule has 4 heteroatoms. The minimum absolute atomic E-state index is 0.239. The van der Waals surface area contributed by atoms with Crippen molar-refractivity contribution in [2.75, 3.05) is 0 Å². The highest BCUT2D eigenvalue weighted by Gasteiger charge is 2.25. The number of hydrogen-bond acceptors (Lipinski definition) is 3. The first-order valence-corrected chi connectivity index (χ1v) is 5.01. The summed E-state index contributed by atoms with van der Waals surface area (Å²) in [4.78, 5) is 15.9. The minimum Gasteiger partial charge on any atom is -0.459 e. The number of carbonyl (C=O) groups excluding carboxylic acids is 1. The third-order valence-corrected chi connectivity index (χ3v) is 2.01. The maximum absolute atomic E-state index is 11.7. The van der Waals surface area contributed by atoms with Gasteiger partial charge in [0.25, 0.3) is 0 Å². The van der Waals surface area contributed by atoms with Gasteiger partial charge in [-0.15, -0.1) is 0 Å². The number of nitrogens with zero attached hydrogens (tertiary/aromatic N) is 2. The second kappa shape index (κ2) is 4.04. The summed E-state index contributed by atoms with van der Waals surface area (Å²) in [6, 6.07) is 0. The first kappa shape index (κ1) is 11.8. The molecule has 0 N–H and O–H groups in total. The lowest BCUT2D eigenvalue weighted by atomic mass is 10.1. The van der Waals surface area contributed by atoms with E-state index in [1.165, 1.54) is 0 Å². The van der Waals surface area contributed by atoms with Gasteiger partial charge < -0.3 is 9.30 Å². The second-order valence-corrected chi connectivity index (χ2v) is 4.65. The first-order valence-electron chi connectivity index (χ1n) is 5.01. The lowest BCUT2D eigenvalue weighted by Crippen LogP contribution is -2.27. The van der Waals surface area contributed by atoms with Gasteiger partial charge in [-0.3, -0.25) is 4.79 Å². The van der Waals surface area contributed by atoms with Crippen molar-refractivity contribution >= 4 is 5.97 Å². The topological polar surface area (TPSA) is 44.1 Å². The van der Waals surface area contributed by atoms with Crippen LogP contribution in [-0.4, -0.2) is 21.1 Å². The normalized spacial score (nSPS) is 13.7. The molecule has 1 heterocycles. The van der Waals surface area contributed by atoms with Gasteiger partial charge in [0.15, 0.2) is 0 Å². The second-order valence-electron chi connectivity index (χ2n) is 4.65. The zero-order valence-corrected chi connectivity index (χ0v) is 9.94. The van der Waals surface area contributed by atoms with Crippen LogP contribution >= 0.6 is 0 Å². The molecule has 0 radical (unpaired) electrons. The molecule has 1 rings (SSSR count). The lowest BCUT2D eigenvalue weighted by molar-refractivity contribution is -0.156. The van der Waals surface area contributed by atoms with E-state index in [1.54, 1.807) is 13.1 Å². The number of ether oxygens (including phenoxy) is 1. The van der Waals surface area contributed by atoms with Gasteiger partial charge >= 0.3 is 5.97 Å². The van der Waals surface area contributed by atoms with Crippen molar-refractivity contribution in [3.8, 4) is 0 Å². The van der Waals surface area contributed by atoms with Gasteiger partial charge in [-0.25, -0.2) is 4.98 Å². The molecule has 0 saturated heterocycles. The summed E-state index contributed by atoms with van der Waals surface area (Å²) < 4.78 is 7.11. The molecule has 1 aromatic rings. The van der Waals surface area contributed by atoms with Gasteiger partial charge in [0, 0.05) is 19.4 Å². The highest BCUT2D eigenvalue weighted by atomic mass is 16.6. The Balaban J connectivity index is 2.74. The summed E-state index contributed by atoms with van der Waals surface area (Å²) >= 11 is 0. The third-order valence-electron chi connectivity index (χ3n) is 2.01. The highest BCUT2D eigenvalue weighted by molar-refractivity contribution is 5.77. The predicted octanol–water partition coefficient (Wildman–Crippen LogP) is 1.87. The summed E-state index contributed by atoms with van der Waals surface area (Å²) in [5.74, 6) is 0.158. The smallest absolute Gasteiger partial charge is 0.316 e. The van der Waals surface area contributed by atoms with E-state index in [-0.39, 0.29) is 11.9 Å². The molecule has 0 saturated carbocycles. The fourth-order valence-corrected chi connectivity index (χ4v) is 1.29. The monoisotopic (exact) mass is 210 g/mol. The third kappa shape index (κ3) is 3.08. The van der Waals surface area contributed by atoms with Crippen LogP contribution in [0.25, 0.3) is 0 Å². The molecule has 0 spiro atoms. The van der Waals surface area contributed by atoms with Crippen LogP contribution in [0.4, 0.5) is 0 Å². The van der Waals surface area contributed by atoms with E-state index in [9.17, 15) is 4.79 Å². The summed E-state index contributed by atoms with van der Waals surface area (Å²) in [5.41, 5.74) is -0.448. The quantitative estimate of drug-likeness (QED) is 0.700. The number of aromatic nitrogens is 2. The summed E-state index contributed by atoms with van der Waals surface area (Å²) in [7, 11) is 1.86. The highest BCUT2D eigenvalue weighted by Crippen LogP contribution is 2.18. The first-order chi connectivity index (χ1) is 6.81. The van der Waals surface area contributed by atoms with Crippen LogP contribution in [0.5, 0.6) is 0 Å². The van der Waals surface area contributed by atoms with Gasteiger partial charge in [0.05, 0.1) is 0 Å². The standard InChI is InChI=1S/C11H18N2O2/c1-8(9-12-6-7-13(9)5)10(14)15-11(2,3)4/h6-8H,1-5H3. The van der Waals surface area contributed by atoms with E-state index in [1.807, 2.05) is 38.6 Å². The molecule has 0 aliphatic heterocycles. The SMILES string of the molecule is CC(C(=O)OC(C)(C)C)c1nccn1C. The van der Waals surface area contributed by atoms with Crippen LogP contribution in [-0.2, 0) is 16.6 Å². The van der Waals surface area contributed by atoms with Crippen molar-refractivity contribution in [2.24, 2.45) is 7.05 Å². The van der Waals surface area contributed by atoms with Crippen LogP contribution in [0.15, 0.2) is 12.4 Å². The minimum atomic E-state index is -0.448. The summed E-state index contributed by atoms with van der Waals surface area (Å²) in [5, 5.41) is 0. The predicted molar refractivity (Wildman–Crippen MR) is 57.5 cm³/mol. The Labute approximate surface area is 90.3 Å². The average molecular weight is 210 g/mol. The van der Waals surface area contributed by atoms with E-state index in [0.29, 0.717) is 0 Å². The molecule has 0 aliphatic rings. The van der Waals surface area contributed by atoms with E-state index in [4.69, 9.17) is 4.74 Å². The van der Waals surface area contributed by atoms with Gasteiger partial charge in [0.1, 0.15) is 17.3 Å². The Bertz CT molecular complexity index is 350. The zero-order chi connectivity index (χ0) is 11.6. The van der Waals surface area contributed by atoms with Gasteiger partial charge in [-0.05, 0) is 27.7 Å². The van der Waals surface area contributed by atoms with Crippen molar-refractivity contribution in [3.63, 3.8) is 0 Å². The van der Waals surface area contributed by atoms with Crippen LogP contribution in [0.2, 0.25) is 0 Å². The molecule has 1 atom stereocenters. The summed E-state index contributed by atoms with van der Waals surface area (Å²) in [6.07, 6.45) is 3.49. The Morgan fingerprint density at radius 3 is 2.53 bits per heavy atom. The number of hydrogen-bond donors (Lipinski definition) is 0. The molecule has 84 valence electrons. The zero-order valence-electron chi connectivity index (χ0n) is 9.94. The lowest BCUT2D eigenvalue weighted by Gasteiger charge is -2.22. The molecule has 0 bridgehead atoms. The van der Waals surface area contributed by atoms with Crippen molar-refractivity contribution < 1.29 is 9.53 Å². The molecule has 15 heavy (non-hydrogen) atoms. The Hall–Kier alpha value is -1.32. The maximum atomic E-state index is 11.7. The number of esters is 1. The van der Waals surface area contributed by atoms with E-state index >= 15 is 0 Å². The molecule has 1 aromatic heterocycles. The molecular weight excluding hydrogens is 192 g/mol. The Morgan fingerprint density at radius 1 is 1.53 bits per heavy atom. The Kier molecular flexibility index (Phi) is 3.17. The maximum Gasteiger partial charge on any atom is 0.316 e. The molecule has 0 fully saturated rings. The van der Waals surface area contributed by atoms with Crippen LogP contribution in [0.1, 0.15) is 39.4 Å².